The summed E-state index contributed by atoms with van der Waals surface area (Å²) >= 11 is 0. The maximum atomic E-state index is 13.3. The first-order valence-corrected chi connectivity index (χ1v) is 12.8. The Labute approximate surface area is 190 Å². The summed E-state index contributed by atoms with van der Waals surface area (Å²) in [5.41, 5.74) is 1.11. The molecule has 8 nitrogen and oxygen atoms in total. The third-order valence-electron chi connectivity index (χ3n) is 6.43. The van der Waals surface area contributed by atoms with Crippen LogP contribution in [0.4, 0.5) is 0 Å². The number of fused-ring (bicyclic) bond motifs is 1. The van der Waals surface area contributed by atoms with E-state index < -0.39 is 10.0 Å². The number of hydrogen-bond acceptors (Lipinski definition) is 6. The first-order valence-electron chi connectivity index (χ1n) is 11.4. The fourth-order valence-corrected chi connectivity index (χ4v) is 6.10. The molecule has 2 aliphatic heterocycles. The number of hydrogen-bond donors (Lipinski definition) is 1. The lowest BCUT2D eigenvalue weighted by Gasteiger charge is -2.43. The molecule has 1 N–H and O–H groups in total. The summed E-state index contributed by atoms with van der Waals surface area (Å²) in [4.78, 5) is 23.7. The Balaban J connectivity index is 1.63. The molecule has 4 heterocycles. The van der Waals surface area contributed by atoms with E-state index in [1.807, 2.05) is 12.1 Å². The molecule has 0 aliphatic carbocycles. The standard InChI is InChI=1S/C23H31N5O3S/c29-23-21-9-15-28(32(30,31)20-6-5-10-25-16-20)18-22(21)27(14-4-2-1-3-11-26-23)17-19-7-12-24-13-8-19/h5-8,10,12-13,16,21-22H,1-4,9,11,14-15,17-18H2,(H,26,29). The van der Waals surface area contributed by atoms with Gasteiger partial charge in [-0.3, -0.25) is 19.7 Å². The summed E-state index contributed by atoms with van der Waals surface area (Å²) in [7, 11) is -3.67. The van der Waals surface area contributed by atoms with E-state index in [0.717, 1.165) is 37.8 Å². The average molecular weight is 458 g/mol. The van der Waals surface area contributed by atoms with Gasteiger partial charge < -0.3 is 5.32 Å². The van der Waals surface area contributed by atoms with Crippen molar-refractivity contribution < 1.29 is 13.2 Å². The summed E-state index contributed by atoms with van der Waals surface area (Å²) in [6.07, 6.45) is 11.2. The monoisotopic (exact) mass is 457 g/mol. The van der Waals surface area contributed by atoms with Gasteiger partial charge in [0.2, 0.25) is 15.9 Å². The molecule has 0 bridgehead atoms. The van der Waals surface area contributed by atoms with Crippen LogP contribution in [0.5, 0.6) is 0 Å². The van der Waals surface area contributed by atoms with Gasteiger partial charge in [0.15, 0.2) is 0 Å². The molecule has 0 saturated carbocycles. The second-order valence-electron chi connectivity index (χ2n) is 8.55. The van der Waals surface area contributed by atoms with Crippen LogP contribution >= 0.6 is 0 Å². The van der Waals surface area contributed by atoms with Crippen LogP contribution in [-0.4, -0.2) is 65.7 Å². The molecule has 0 spiro atoms. The Hall–Kier alpha value is -2.36. The molecular weight excluding hydrogens is 426 g/mol. The van der Waals surface area contributed by atoms with Gasteiger partial charge in [-0.25, -0.2) is 8.42 Å². The van der Waals surface area contributed by atoms with Crippen LogP contribution < -0.4 is 5.32 Å². The number of pyridine rings is 2. The Morgan fingerprint density at radius 1 is 1.00 bits per heavy atom. The van der Waals surface area contributed by atoms with E-state index in [2.05, 4.69) is 20.2 Å². The van der Waals surface area contributed by atoms with Crippen molar-refractivity contribution in [3.05, 3.63) is 54.6 Å². The lowest BCUT2D eigenvalue weighted by atomic mass is 9.90. The van der Waals surface area contributed by atoms with Gasteiger partial charge in [0, 0.05) is 57.0 Å². The summed E-state index contributed by atoms with van der Waals surface area (Å²) in [6, 6.07) is 6.98. The van der Waals surface area contributed by atoms with Gasteiger partial charge in [-0.05, 0) is 55.6 Å². The minimum Gasteiger partial charge on any atom is -0.356 e. The van der Waals surface area contributed by atoms with E-state index in [1.54, 1.807) is 30.7 Å². The number of piperidine rings is 1. The molecule has 2 saturated heterocycles. The number of carbonyl (C=O) groups is 1. The normalized spacial score (nSPS) is 24.2. The van der Waals surface area contributed by atoms with E-state index in [4.69, 9.17) is 0 Å². The molecule has 9 heteroatoms. The molecule has 172 valence electrons. The zero-order valence-corrected chi connectivity index (χ0v) is 19.1. The van der Waals surface area contributed by atoms with E-state index in [9.17, 15) is 13.2 Å². The van der Waals surface area contributed by atoms with Crippen LogP contribution in [0.3, 0.4) is 0 Å². The first kappa shape index (κ1) is 22.8. The van der Waals surface area contributed by atoms with Crippen molar-refractivity contribution in [2.24, 2.45) is 5.92 Å². The van der Waals surface area contributed by atoms with E-state index in [0.29, 0.717) is 32.6 Å². The van der Waals surface area contributed by atoms with E-state index in [1.165, 1.54) is 10.5 Å². The molecular formula is C23H31N5O3S. The summed E-state index contributed by atoms with van der Waals surface area (Å²) in [5.74, 6) is -0.203. The van der Waals surface area contributed by atoms with Gasteiger partial charge in [-0.2, -0.15) is 4.31 Å². The lowest BCUT2D eigenvalue weighted by Crippen LogP contribution is -2.57. The smallest absolute Gasteiger partial charge is 0.244 e. The molecule has 2 aromatic heterocycles. The minimum absolute atomic E-state index is 0.0371. The molecule has 2 atom stereocenters. The van der Waals surface area contributed by atoms with Gasteiger partial charge in [-0.1, -0.05) is 12.8 Å². The number of rotatable bonds is 4. The van der Waals surface area contributed by atoms with Gasteiger partial charge >= 0.3 is 0 Å². The second-order valence-corrected chi connectivity index (χ2v) is 10.5. The van der Waals surface area contributed by atoms with Gasteiger partial charge in [-0.15, -0.1) is 0 Å². The highest BCUT2D eigenvalue weighted by Gasteiger charge is 2.41. The second kappa shape index (κ2) is 10.5. The van der Waals surface area contributed by atoms with Crippen LogP contribution in [0.25, 0.3) is 0 Å². The number of carbonyl (C=O) groups excluding carboxylic acids is 1. The molecule has 2 fully saturated rings. The largest absolute Gasteiger partial charge is 0.356 e. The zero-order chi connectivity index (χ0) is 22.4. The maximum absolute atomic E-state index is 13.3. The van der Waals surface area contributed by atoms with Gasteiger partial charge in [0.25, 0.3) is 0 Å². The van der Waals surface area contributed by atoms with Crippen molar-refractivity contribution in [1.29, 1.82) is 0 Å². The van der Waals surface area contributed by atoms with Gasteiger partial charge in [0.1, 0.15) is 4.90 Å². The zero-order valence-electron chi connectivity index (χ0n) is 18.3. The Morgan fingerprint density at radius 2 is 1.81 bits per heavy atom. The van der Waals surface area contributed by atoms with Crippen LogP contribution in [0.1, 0.15) is 37.7 Å². The molecule has 32 heavy (non-hydrogen) atoms. The van der Waals surface area contributed by atoms with Crippen molar-refractivity contribution in [3.8, 4) is 0 Å². The Bertz CT molecular complexity index is 987. The van der Waals surface area contributed by atoms with Crippen LogP contribution in [0.2, 0.25) is 0 Å². The number of sulfonamides is 1. The maximum Gasteiger partial charge on any atom is 0.244 e. The molecule has 1 amide bonds. The summed E-state index contributed by atoms with van der Waals surface area (Å²) < 4.78 is 28.1. The third-order valence-corrected chi connectivity index (χ3v) is 8.28. The Morgan fingerprint density at radius 3 is 2.59 bits per heavy atom. The predicted molar refractivity (Wildman–Crippen MR) is 121 cm³/mol. The van der Waals surface area contributed by atoms with Crippen molar-refractivity contribution in [2.75, 3.05) is 26.2 Å². The molecule has 0 radical (unpaired) electrons. The molecule has 2 aliphatic rings. The molecule has 2 aromatic rings. The van der Waals surface area contributed by atoms with Crippen molar-refractivity contribution >= 4 is 15.9 Å². The average Bonchev–Trinajstić information content (AvgIpc) is 2.86. The van der Waals surface area contributed by atoms with Crippen molar-refractivity contribution in [1.82, 2.24) is 24.5 Å². The topological polar surface area (TPSA) is 95.5 Å². The predicted octanol–water partition coefficient (Wildman–Crippen LogP) is 2.05. The molecule has 4 rings (SSSR count). The number of nitrogens with one attached hydrogen (secondary N) is 1. The van der Waals surface area contributed by atoms with Crippen LogP contribution in [0, 0.1) is 5.92 Å². The highest BCUT2D eigenvalue weighted by molar-refractivity contribution is 7.89. The highest BCUT2D eigenvalue weighted by atomic mass is 32.2. The summed E-state index contributed by atoms with van der Waals surface area (Å²) in [6.45, 7) is 2.80. The molecule has 0 aromatic carbocycles. The first-order chi connectivity index (χ1) is 15.6. The van der Waals surface area contributed by atoms with Crippen molar-refractivity contribution in [3.63, 3.8) is 0 Å². The Kier molecular flexibility index (Phi) is 7.49. The van der Waals surface area contributed by atoms with Crippen LogP contribution in [0.15, 0.2) is 53.9 Å². The van der Waals surface area contributed by atoms with Gasteiger partial charge in [0.05, 0.1) is 5.92 Å². The summed E-state index contributed by atoms with van der Waals surface area (Å²) in [5, 5.41) is 3.10. The van der Waals surface area contributed by atoms with E-state index in [-0.39, 0.29) is 22.8 Å². The number of nitrogens with zero attached hydrogens (tertiary/aromatic N) is 4. The molecule has 2 unspecified atom stereocenters. The quantitative estimate of drug-likeness (QED) is 0.755. The number of aromatic nitrogens is 2. The van der Waals surface area contributed by atoms with E-state index >= 15 is 0 Å². The fraction of sp³-hybridized carbons (Fsp3) is 0.522. The fourth-order valence-electron chi connectivity index (χ4n) is 4.67. The SMILES string of the molecule is O=C1NCCCCCCN(Cc2ccncc2)C2CN(S(=O)(=O)c3cccnc3)CCC12. The third kappa shape index (κ3) is 5.33. The van der Waals surface area contributed by atoms with Crippen molar-refractivity contribution in [2.45, 2.75) is 49.6 Å². The van der Waals surface area contributed by atoms with Crippen LogP contribution in [-0.2, 0) is 21.4 Å². The number of amides is 1. The minimum atomic E-state index is -3.67. The highest BCUT2D eigenvalue weighted by Crippen LogP contribution is 2.29. The lowest BCUT2D eigenvalue weighted by molar-refractivity contribution is -0.129.